The van der Waals surface area contributed by atoms with Gasteiger partial charge in [0.15, 0.2) is 0 Å². The molecule has 1 saturated heterocycles. The molecule has 2 aromatic rings. The number of benzene rings is 2. The quantitative estimate of drug-likeness (QED) is 0.816. The van der Waals surface area contributed by atoms with Crippen LogP contribution in [0.3, 0.4) is 0 Å². The molecule has 1 spiro atoms. The Kier molecular flexibility index (Phi) is 4.58. The van der Waals surface area contributed by atoms with Crippen LogP contribution >= 0.6 is 0 Å². The first kappa shape index (κ1) is 17.3. The zero-order valence-corrected chi connectivity index (χ0v) is 15.8. The summed E-state index contributed by atoms with van der Waals surface area (Å²) >= 11 is 0. The molecular weight excluding hydrogens is 320 g/mol. The molecule has 0 unspecified atom stereocenters. The van der Waals surface area contributed by atoms with Gasteiger partial charge in [0.05, 0.1) is 0 Å². The average Bonchev–Trinajstić information content (AvgIpc) is 2.69. The number of amides is 1. The predicted molar refractivity (Wildman–Crippen MR) is 105 cm³/mol. The molecule has 1 fully saturated rings. The molecule has 0 saturated carbocycles. The van der Waals surface area contributed by atoms with E-state index in [1.807, 2.05) is 35.2 Å². The fraction of sp³-hybridized carbons (Fsp3) is 0.435. The summed E-state index contributed by atoms with van der Waals surface area (Å²) in [4.78, 5) is 17.4. The van der Waals surface area contributed by atoms with Gasteiger partial charge in [-0.25, -0.2) is 0 Å². The summed E-state index contributed by atoms with van der Waals surface area (Å²) in [6, 6.07) is 19.2. The lowest BCUT2D eigenvalue weighted by molar-refractivity contribution is 0.0557. The first-order valence-corrected chi connectivity index (χ1v) is 9.76. The molecule has 0 aromatic heterocycles. The summed E-state index contributed by atoms with van der Waals surface area (Å²) in [7, 11) is 0. The highest BCUT2D eigenvalue weighted by molar-refractivity contribution is 5.94. The number of rotatable bonds is 2. The third-order valence-corrected chi connectivity index (χ3v) is 6.23. The van der Waals surface area contributed by atoms with Gasteiger partial charge in [0, 0.05) is 43.2 Å². The minimum absolute atomic E-state index is 0.172. The molecule has 0 bridgehead atoms. The number of nitrogens with zero attached hydrogens (tertiary/aromatic N) is 2. The van der Waals surface area contributed by atoms with Gasteiger partial charge in [-0.3, -0.25) is 9.69 Å². The van der Waals surface area contributed by atoms with Crippen LogP contribution in [-0.2, 0) is 12.0 Å². The lowest BCUT2D eigenvalue weighted by Crippen LogP contribution is -2.54. The van der Waals surface area contributed by atoms with Crippen molar-refractivity contribution in [3.05, 3.63) is 71.3 Å². The van der Waals surface area contributed by atoms with Crippen molar-refractivity contribution in [2.24, 2.45) is 0 Å². The minimum atomic E-state index is 0.172. The molecule has 3 heteroatoms. The Balaban J connectivity index is 1.56. The first-order valence-electron chi connectivity index (χ1n) is 9.76. The van der Waals surface area contributed by atoms with Crippen LogP contribution in [-0.4, -0.2) is 41.4 Å². The zero-order chi connectivity index (χ0) is 18.1. The van der Waals surface area contributed by atoms with Crippen LogP contribution in [0.15, 0.2) is 54.6 Å². The van der Waals surface area contributed by atoms with E-state index in [-0.39, 0.29) is 11.3 Å². The van der Waals surface area contributed by atoms with Crippen LogP contribution in [0.4, 0.5) is 0 Å². The Bertz CT molecular complexity index is 776. The van der Waals surface area contributed by atoms with Crippen LogP contribution in [0, 0.1) is 0 Å². The van der Waals surface area contributed by atoms with Crippen molar-refractivity contribution >= 4 is 5.91 Å². The van der Waals surface area contributed by atoms with Gasteiger partial charge < -0.3 is 4.90 Å². The average molecular weight is 348 g/mol. The highest BCUT2D eigenvalue weighted by atomic mass is 16.2. The maximum atomic E-state index is 12.8. The Hall–Kier alpha value is -2.13. The van der Waals surface area contributed by atoms with Gasteiger partial charge in [-0.05, 0) is 49.9 Å². The SMILES string of the molecule is CC(C)N1Cc2ccccc2C2(CCN(C(=O)c3ccccc3)CC2)C1. The smallest absolute Gasteiger partial charge is 0.253 e. The van der Waals surface area contributed by atoms with Gasteiger partial charge in [0.25, 0.3) is 5.91 Å². The van der Waals surface area contributed by atoms with E-state index in [2.05, 4.69) is 43.0 Å². The summed E-state index contributed by atoms with van der Waals surface area (Å²) < 4.78 is 0. The number of fused-ring (bicyclic) bond motifs is 2. The van der Waals surface area contributed by atoms with E-state index in [4.69, 9.17) is 0 Å². The second-order valence-electron chi connectivity index (χ2n) is 8.09. The standard InChI is InChI=1S/C23H28N2O/c1-18(2)25-16-20-10-6-7-11-21(20)23(17-25)12-14-24(15-13-23)22(26)19-8-4-3-5-9-19/h3-11,18H,12-17H2,1-2H3. The summed E-state index contributed by atoms with van der Waals surface area (Å²) in [5.41, 5.74) is 3.97. The number of hydrogen-bond acceptors (Lipinski definition) is 2. The molecule has 4 rings (SSSR count). The lowest BCUT2D eigenvalue weighted by atomic mass is 9.68. The highest BCUT2D eigenvalue weighted by Gasteiger charge is 2.43. The summed E-state index contributed by atoms with van der Waals surface area (Å²) in [5, 5.41) is 0. The van der Waals surface area contributed by atoms with E-state index in [0.29, 0.717) is 6.04 Å². The van der Waals surface area contributed by atoms with E-state index in [9.17, 15) is 4.79 Å². The Labute approximate surface area is 156 Å². The van der Waals surface area contributed by atoms with Crippen LogP contribution in [0.5, 0.6) is 0 Å². The Morgan fingerprint density at radius 2 is 1.62 bits per heavy atom. The Morgan fingerprint density at radius 3 is 2.31 bits per heavy atom. The summed E-state index contributed by atoms with van der Waals surface area (Å²) in [5.74, 6) is 0.172. The van der Waals surface area contributed by atoms with Crippen molar-refractivity contribution in [3.8, 4) is 0 Å². The molecule has 26 heavy (non-hydrogen) atoms. The molecule has 0 radical (unpaired) electrons. The maximum absolute atomic E-state index is 12.8. The van der Waals surface area contributed by atoms with Crippen LogP contribution < -0.4 is 0 Å². The van der Waals surface area contributed by atoms with Gasteiger partial charge >= 0.3 is 0 Å². The van der Waals surface area contributed by atoms with Crippen molar-refractivity contribution in [1.29, 1.82) is 0 Å². The minimum Gasteiger partial charge on any atom is -0.339 e. The van der Waals surface area contributed by atoms with Crippen molar-refractivity contribution in [2.75, 3.05) is 19.6 Å². The third kappa shape index (κ3) is 3.05. The van der Waals surface area contributed by atoms with Crippen molar-refractivity contribution in [3.63, 3.8) is 0 Å². The van der Waals surface area contributed by atoms with Crippen molar-refractivity contribution in [2.45, 2.75) is 44.7 Å². The monoisotopic (exact) mass is 348 g/mol. The summed E-state index contributed by atoms with van der Waals surface area (Å²) in [6.45, 7) is 8.41. The molecule has 1 amide bonds. The third-order valence-electron chi connectivity index (χ3n) is 6.23. The molecule has 2 heterocycles. The van der Waals surface area contributed by atoms with E-state index < -0.39 is 0 Å². The first-order chi connectivity index (χ1) is 12.6. The molecule has 136 valence electrons. The largest absolute Gasteiger partial charge is 0.339 e. The van der Waals surface area contributed by atoms with Gasteiger partial charge in [0.1, 0.15) is 0 Å². The van der Waals surface area contributed by atoms with E-state index in [0.717, 1.165) is 44.6 Å². The molecular formula is C23H28N2O. The van der Waals surface area contributed by atoms with Gasteiger partial charge in [-0.15, -0.1) is 0 Å². The van der Waals surface area contributed by atoms with Crippen LogP contribution in [0.25, 0.3) is 0 Å². The van der Waals surface area contributed by atoms with Crippen molar-refractivity contribution in [1.82, 2.24) is 9.80 Å². The second kappa shape index (κ2) is 6.88. The number of likely N-dealkylation sites (tertiary alicyclic amines) is 1. The fourth-order valence-electron chi connectivity index (χ4n) is 4.62. The maximum Gasteiger partial charge on any atom is 0.253 e. The van der Waals surface area contributed by atoms with E-state index in [1.165, 1.54) is 11.1 Å². The van der Waals surface area contributed by atoms with Crippen LogP contribution in [0.2, 0.25) is 0 Å². The van der Waals surface area contributed by atoms with Crippen LogP contribution in [0.1, 0.15) is 48.2 Å². The van der Waals surface area contributed by atoms with Gasteiger partial charge in [-0.1, -0.05) is 42.5 Å². The molecule has 2 aliphatic heterocycles. The summed E-state index contributed by atoms with van der Waals surface area (Å²) in [6.07, 6.45) is 2.09. The predicted octanol–water partition coefficient (Wildman–Crippen LogP) is 4.08. The molecule has 2 aliphatic rings. The normalized spacial score (nSPS) is 19.6. The van der Waals surface area contributed by atoms with E-state index >= 15 is 0 Å². The fourth-order valence-corrected chi connectivity index (χ4v) is 4.62. The molecule has 0 atom stereocenters. The molecule has 0 N–H and O–H groups in total. The lowest BCUT2D eigenvalue weighted by Gasteiger charge is -2.49. The van der Waals surface area contributed by atoms with Crippen molar-refractivity contribution < 1.29 is 4.79 Å². The number of hydrogen-bond donors (Lipinski definition) is 0. The second-order valence-corrected chi connectivity index (χ2v) is 8.09. The number of piperidine rings is 1. The van der Waals surface area contributed by atoms with Gasteiger partial charge in [-0.2, -0.15) is 0 Å². The zero-order valence-electron chi connectivity index (χ0n) is 15.8. The Morgan fingerprint density at radius 1 is 0.962 bits per heavy atom. The molecule has 2 aromatic carbocycles. The topological polar surface area (TPSA) is 23.6 Å². The van der Waals surface area contributed by atoms with Gasteiger partial charge in [0.2, 0.25) is 0 Å². The number of carbonyl (C=O) groups excluding carboxylic acids is 1. The molecule has 3 nitrogen and oxygen atoms in total. The number of carbonyl (C=O) groups is 1. The highest BCUT2D eigenvalue weighted by Crippen LogP contribution is 2.42. The van der Waals surface area contributed by atoms with E-state index in [1.54, 1.807) is 0 Å². The molecule has 0 aliphatic carbocycles.